The lowest BCUT2D eigenvalue weighted by molar-refractivity contribution is -0.142. The number of nitrogens with zero attached hydrogens (tertiary/aromatic N) is 1. The Morgan fingerprint density at radius 2 is 2.55 bits per heavy atom. The molecular weight excluding hydrogens is 144 g/mol. The van der Waals surface area contributed by atoms with Crippen LogP contribution in [0.5, 0.6) is 0 Å². The van der Waals surface area contributed by atoms with Crippen molar-refractivity contribution in [3.63, 3.8) is 0 Å². The third-order valence-corrected chi connectivity index (χ3v) is 1.64. The monoisotopic (exact) mass is 156 g/mol. The number of carbonyl (C=O) groups is 1. The van der Waals surface area contributed by atoms with Crippen molar-refractivity contribution in [2.45, 2.75) is 19.4 Å². The average Bonchev–Trinajstić information content (AvgIpc) is 2.03. The van der Waals surface area contributed by atoms with Crippen molar-refractivity contribution in [2.75, 3.05) is 13.7 Å². The summed E-state index contributed by atoms with van der Waals surface area (Å²) in [7, 11) is 1.39. The first-order chi connectivity index (χ1) is 5.24. The molecule has 0 aromatic rings. The van der Waals surface area contributed by atoms with Gasteiger partial charge in [0.05, 0.1) is 12.9 Å². The fourth-order valence-corrected chi connectivity index (χ4v) is 1.05. The molecule has 1 atom stereocenters. The smallest absolute Gasteiger partial charge is 0.328 e. The predicted octanol–water partition coefficient (Wildman–Crippen LogP) is -0.0603. The highest BCUT2D eigenvalue weighted by atomic mass is 16.5. The molecule has 0 amide bonds. The molecule has 0 fully saturated rings. The molecule has 4 heteroatoms. The second-order valence-corrected chi connectivity index (χ2v) is 2.48. The molecule has 0 bridgehead atoms. The molecule has 0 aromatic heterocycles. The fourth-order valence-electron chi connectivity index (χ4n) is 1.05. The molecule has 1 aliphatic heterocycles. The van der Waals surface area contributed by atoms with Crippen molar-refractivity contribution in [1.29, 1.82) is 0 Å². The van der Waals surface area contributed by atoms with Gasteiger partial charge < -0.3 is 10.1 Å². The number of nitrogens with one attached hydrogen (secondary N) is 1. The summed E-state index contributed by atoms with van der Waals surface area (Å²) in [5.41, 5.74) is 0. The Morgan fingerprint density at radius 3 is 3.09 bits per heavy atom. The lowest BCUT2D eigenvalue weighted by Crippen LogP contribution is -2.43. The first-order valence-corrected chi connectivity index (χ1v) is 3.59. The molecule has 4 nitrogen and oxygen atoms in total. The van der Waals surface area contributed by atoms with Gasteiger partial charge in [-0.3, -0.25) is 4.99 Å². The number of amidine groups is 1. The summed E-state index contributed by atoms with van der Waals surface area (Å²) in [6.07, 6.45) is 0.726. The molecule has 1 aliphatic rings. The Labute approximate surface area is 65.6 Å². The van der Waals surface area contributed by atoms with Gasteiger partial charge in [0.25, 0.3) is 0 Å². The van der Waals surface area contributed by atoms with Gasteiger partial charge in [-0.1, -0.05) is 0 Å². The van der Waals surface area contributed by atoms with Gasteiger partial charge in [0, 0.05) is 6.54 Å². The van der Waals surface area contributed by atoms with E-state index in [1.54, 1.807) is 0 Å². The average molecular weight is 156 g/mol. The summed E-state index contributed by atoms with van der Waals surface area (Å²) in [4.78, 5) is 15.1. The lowest BCUT2D eigenvalue weighted by atomic mass is 10.2. The van der Waals surface area contributed by atoms with E-state index in [-0.39, 0.29) is 12.0 Å². The van der Waals surface area contributed by atoms with Gasteiger partial charge in [-0.05, 0) is 13.3 Å². The van der Waals surface area contributed by atoms with Crippen LogP contribution in [0.1, 0.15) is 13.3 Å². The van der Waals surface area contributed by atoms with Crippen molar-refractivity contribution in [2.24, 2.45) is 4.99 Å². The van der Waals surface area contributed by atoms with Crippen molar-refractivity contribution in [1.82, 2.24) is 5.32 Å². The molecule has 0 saturated carbocycles. The second-order valence-electron chi connectivity index (χ2n) is 2.48. The molecular formula is C7H12N2O2. The van der Waals surface area contributed by atoms with E-state index in [2.05, 4.69) is 15.0 Å². The number of methoxy groups -OCH3 is 1. The van der Waals surface area contributed by atoms with E-state index in [1.807, 2.05) is 6.92 Å². The van der Waals surface area contributed by atoms with Crippen LogP contribution in [0.2, 0.25) is 0 Å². The molecule has 1 unspecified atom stereocenters. The molecule has 1 N–H and O–H groups in total. The number of carbonyl (C=O) groups excluding carboxylic acids is 1. The Balaban J connectivity index is 2.50. The third kappa shape index (κ3) is 1.93. The van der Waals surface area contributed by atoms with Crippen LogP contribution in [0.25, 0.3) is 0 Å². The highest BCUT2D eigenvalue weighted by molar-refractivity contribution is 5.87. The molecule has 0 saturated heterocycles. The van der Waals surface area contributed by atoms with Gasteiger partial charge in [-0.25, -0.2) is 4.79 Å². The number of ether oxygens (including phenoxy) is 1. The number of hydrogen-bond acceptors (Lipinski definition) is 4. The van der Waals surface area contributed by atoms with E-state index >= 15 is 0 Å². The van der Waals surface area contributed by atoms with Crippen molar-refractivity contribution >= 4 is 11.8 Å². The molecule has 1 heterocycles. The van der Waals surface area contributed by atoms with Crippen LogP contribution in [-0.2, 0) is 9.53 Å². The Hall–Kier alpha value is -1.06. The molecule has 0 aromatic carbocycles. The van der Waals surface area contributed by atoms with E-state index in [0.717, 1.165) is 12.3 Å². The minimum atomic E-state index is -0.209. The number of hydrogen-bond donors (Lipinski definition) is 1. The summed E-state index contributed by atoms with van der Waals surface area (Å²) in [6.45, 7) is 2.55. The number of aliphatic imine (C=N–C) groups is 1. The van der Waals surface area contributed by atoms with E-state index in [0.29, 0.717) is 6.54 Å². The van der Waals surface area contributed by atoms with Crippen LogP contribution in [0.3, 0.4) is 0 Å². The summed E-state index contributed by atoms with van der Waals surface area (Å²) >= 11 is 0. The van der Waals surface area contributed by atoms with Crippen LogP contribution in [0, 0.1) is 0 Å². The Morgan fingerprint density at radius 1 is 1.82 bits per heavy atom. The Kier molecular flexibility index (Phi) is 2.46. The minimum absolute atomic E-state index is 0.197. The van der Waals surface area contributed by atoms with Crippen LogP contribution in [0.15, 0.2) is 4.99 Å². The normalized spacial score (nSPS) is 23.5. The summed E-state index contributed by atoms with van der Waals surface area (Å²) in [5.74, 6) is 0.603. The van der Waals surface area contributed by atoms with E-state index < -0.39 is 0 Å². The molecule has 62 valence electrons. The van der Waals surface area contributed by atoms with E-state index in [4.69, 9.17) is 0 Å². The van der Waals surface area contributed by atoms with E-state index in [9.17, 15) is 4.79 Å². The molecule has 0 spiro atoms. The maximum absolute atomic E-state index is 11.0. The largest absolute Gasteiger partial charge is 0.467 e. The third-order valence-electron chi connectivity index (χ3n) is 1.64. The SMILES string of the molecule is COC(=O)C1CCN=C(C)N1. The van der Waals surface area contributed by atoms with Crippen LogP contribution < -0.4 is 5.32 Å². The van der Waals surface area contributed by atoms with Gasteiger partial charge >= 0.3 is 5.97 Å². The topological polar surface area (TPSA) is 50.7 Å². The molecule has 11 heavy (non-hydrogen) atoms. The highest BCUT2D eigenvalue weighted by Crippen LogP contribution is 2.00. The second kappa shape index (κ2) is 3.37. The quantitative estimate of drug-likeness (QED) is 0.541. The molecule has 1 rings (SSSR count). The zero-order chi connectivity index (χ0) is 8.27. The molecule has 0 aliphatic carbocycles. The van der Waals surface area contributed by atoms with Gasteiger partial charge in [0.15, 0.2) is 0 Å². The molecule has 0 radical (unpaired) electrons. The zero-order valence-electron chi connectivity index (χ0n) is 6.76. The number of rotatable bonds is 1. The maximum Gasteiger partial charge on any atom is 0.328 e. The standard InChI is InChI=1S/C7H12N2O2/c1-5-8-4-3-6(9-5)7(10)11-2/h6H,3-4H2,1-2H3,(H,8,9). The highest BCUT2D eigenvalue weighted by Gasteiger charge is 2.20. The summed E-state index contributed by atoms with van der Waals surface area (Å²) in [5, 5.41) is 2.94. The predicted molar refractivity (Wildman–Crippen MR) is 41.5 cm³/mol. The van der Waals surface area contributed by atoms with Gasteiger partial charge in [0.1, 0.15) is 6.04 Å². The first kappa shape index (κ1) is 8.04. The van der Waals surface area contributed by atoms with Crippen LogP contribution >= 0.6 is 0 Å². The van der Waals surface area contributed by atoms with Crippen molar-refractivity contribution in [3.8, 4) is 0 Å². The fraction of sp³-hybridized carbons (Fsp3) is 0.714. The number of esters is 1. The lowest BCUT2D eigenvalue weighted by Gasteiger charge is -2.20. The van der Waals surface area contributed by atoms with E-state index in [1.165, 1.54) is 7.11 Å². The van der Waals surface area contributed by atoms with Gasteiger partial charge in [-0.15, -0.1) is 0 Å². The van der Waals surface area contributed by atoms with Crippen molar-refractivity contribution in [3.05, 3.63) is 0 Å². The summed E-state index contributed by atoms with van der Waals surface area (Å²) in [6, 6.07) is -0.197. The summed E-state index contributed by atoms with van der Waals surface area (Å²) < 4.78 is 4.58. The van der Waals surface area contributed by atoms with Crippen LogP contribution in [0.4, 0.5) is 0 Å². The van der Waals surface area contributed by atoms with Gasteiger partial charge in [0.2, 0.25) is 0 Å². The van der Waals surface area contributed by atoms with Crippen LogP contribution in [-0.4, -0.2) is 31.5 Å². The minimum Gasteiger partial charge on any atom is -0.467 e. The Bertz CT molecular complexity index is 189. The van der Waals surface area contributed by atoms with Gasteiger partial charge in [-0.2, -0.15) is 0 Å². The zero-order valence-corrected chi connectivity index (χ0v) is 6.76. The first-order valence-electron chi connectivity index (χ1n) is 3.59. The van der Waals surface area contributed by atoms with Crippen molar-refractivity contribution < 1.29 is 9.53 Å². The maximum atomic E-state index is 11.0.